The lowest BCUT2D eigenvalue weighted by Gasteiger charge is -2.34. The van der Waals surface area contributed by atoms with Crippen LogP contribution < -0.4 is 0 Å². The molecule has 3 aromatic rings. The number of hydrogen-bond acceptors (Lipinski definition) is 4. The van der Waals surface area contributed by atoms with Gasteiger partial charge in [-0.1, -0.05) is 18.2 Å². The van der Waals surface area contributed by atoms with E-state index in [1.54, 1.807) is 11.1 Å². The summed E-state index contributed by atoms with van der Waals surface area (Å²) >= 11 is 0. The van der Waals surface area contributed by atoms with E-state index in [1.807, 2.05) is 30.3 Å². The molecule has 1 aliphatic rings. The molecule has 2 aromatic heterocycles. The van der Waals surface area contributed by atoms with Gasteiger partial charge in [0.25, 0.3) is 5.91 Å². The maximum atomic E-state index is 12.9. The first-order valence-corrected chi connectivity index (χ1v) is 7.15. The molecule has 0 radical (unpaired) electrons. The first-order chi connectivity index (χ1) is 10.8. The summed E-state index contributed by atoms with van der Waals surface area (Å²) in [6.07, 6.45) is 1.68. The third-order valence-corrected chi connectivity index (χ3v) is 3.94. The average molecular weight is 297 g/mol. The number of H-pyrrole nitrogens is 2. The number of rotatable bonds is 2. The fourth-order valence-corrected chi connectivity index (χ4v) is 2.82. The number of aromatic nitrogens is 4. The molecule has 1 atom stereocenters. The van der Waals surface area contributed by atoms with Crippen molar-refractivity contribution in [2.24, 2.45) is 0 Å². The van der Waals surface area contributed by atoms with Crippen LogP contribution in [0.25, 0.3) is 10.9 Å². The highest BCUT2D eigenvalue weighted by atomic mass is 16.5. The van der Waals surface area contributed by atoms with Gasteiger partial charge in [-0.2, -0.15) is 10.2 Å². The van der Waals surface area contributed by atoms with Crippen molar-refractivity contribution >= 4 is 16.8 Å². The van der Waals surface area contributed by atoms with Crippen molar-refractivity contribution in [2.75, 3.05) is 19.8 Å². The van der Waals surface area contributed by atoms with Gasteiger partial charge in [-0.3, -0.25) is 15.0 Å². The van der Waals surface area contributed by atoms with Crippen LogP contribution in [0.3, 0.4) is 0 Å². The van der Waals surface area contributed by atoms with Crippen LogP contribution in [0.2, 0.25) is 0 Å². The van der Waals surface area contributed by atoms with Gasteiger partial charge < -0.3 is 9.64 Å². The maximum Gasteiger partial charge on any atom is 0.275 e. The van der Waals surface area contributed by atoms with Crippen LogP contribution in [0.4, 0.5) is 0 Å². The number of para-hydroxylation sites is 1. The van der Waals surface area contributed by atoms with E-state index in [-0.39, 0.29) is 11.9 Å². The van der Waals surface area contributed by atoms with Crippen LogP contribution in [0, 0.1) is 0 Å². The molecule has 2 N–H and O–H groups in total. The lowest BCUT2D eigenvalue weighted by molar-refractivity contribution is -0.00411. The highest BCUT2D eigenvalue weighted by Crippen LogP contribution is 2.26. The Balaban J connectivity index is 1.71. The van der Waals surface area contributed by atoms with E-state index >= 15 is 0 Å². The van der Waals surface area contributed by atoms with Crippen molar-refractivity contribution in [1.29, 1.82) is 0 Å². The second-order valence-electron chi connectivity index (χ2n) is 5.22. The Labute approximate surface area is 126 Å². The van der Waals surface area contributed by atoms with Crippen molar-refractivity contribution in [3.63, 3.8) is 0 Å². The number of carbonyl (C=O) groups is 1. The summed E-state index contributed by atoms with van der Waals surface area (Å²) in [5, 5.41) is 14.8. The van der Waals surface area contributed by atoms with E-state index < -0.39 is 0 Å². The minimum atomic E-state index is -0.167. The Hall–Kier alpha value is -2.67. The summed E-state index contributed by atoms with van der Waals surface area (Å²) in [7, 11) is 0. The van der Waals surface area contributed by atoms with E-state index in [0.29, 0.717) is 25.5 Å². The fraction of sp³-hybridized carbons (Fsp3) is 0.267. The normalized spacial score (nSPS) is 18.7. The number of nitrogens with zero attached hydrogens (tertiary/aromatic N) is 3. The number of ether oxygens (including phenoxy) is 1. The summed E-state index contributed by atoms with van der Waals surface area (Å²) in [6.45, 7) is 1.51. The lowest BCUT2D eigenvalue weighted by atomic mass is 10.1. The molecule has 0 bridgehead atoms. The van der Waals surface area contributed by atoms with Crippen molar-refractivity contribution < 1.29 is 9.53 Å². The smallest absolute Gasteiger partial charge is 0.275 e. The number of nitrogens with one attached hydrogen (secondary N) is 2. The first kappa shape index (κ1) is 13.0. The topological polar surface area (TPSA) is 86.9 Å². The van der Waals surface area contributed by atoms with Gasteiger partial charge in [-0.25, -0.2) is 0 Å². The van der Waals surface area contributed by atoms with E-state index in [2.05, 4.69) is 20.4 Å². The molecule has 3 heterocycles. The molecule has 1 aliphatic heterocycles. The molecule has 1 saturated heterocycles. The van der Waals surface area contributed by atoms with Gasteiger partial charge >= 0.3 is 0 Å². The molecule has 0 saturated carbocycles. The standard InChI is InChI=1S/C15H15N5O2/c21-15(14-10-3-1-2-4-11(10)18-19-14)20-7-8-22-9-13(20)12-5-6-16-17-12/h1-6,13H,7-9H2,(H,16,17)(H,18,19)/t13-/m0/s1. The van der Waals surface area contributed by atoms with Crippen LogP contribution in [0.1, 0.15) is 22.2 Å². The summed E-state index contributed by atoms with van der Waals surface area (Å²) in [6, 6.07) is 9.32. The van der Waals surface area contributed by atoms with Gasteiger partial charge in [0.2, 0.25) is 0 Å². The van der Waals surface area contributed by atoms with E-state index in [1.165, 1.54) is 0 Å². The van der Waals surface area contributed by atoms with Gasteiger partial charge in [0.15, 0.2) is 5.69 Å². The predicted molar refractivity (Wildman–Crippen MR) is 79.3 cm³/mol. The van der Waals surface area contributed by atoms with Gasteiger partial charge in [0.05, 0.1) is 30.5 Å². The molecule has 0 spiro atoms. The molecule has 7 nitrogen and oxygen atoms in total. The average Bonchev–Trinajstić information content (AvgIpc) is 3.24. The summed E-state index contributed by atoms with van der Waals surface area (Å²) in [5.41, 5.74) is 2.17. The number of benzene rings is 1. The zero-order valence-electron chi connectivity index (χ0n) is 11.8. The molecular formula is C15H15N5O2. The molecule has 1 fully saturated rings. The molecule has 1 aromatic carbocycles. The number of morpholine rings is 1. The molecule has 1 amide bonds. The molecule has 7 heteroatoms. The van der Waals surface area contributed by atoms with Crippen molar-refractivity contribution in [2.45, 2.75) is 6.04 Å². The van der Waals surface area contributed by atoms with Crippen molar-refractivity contribution in [1.82, 2.24) is 25.3 Å². The van der Waals surface area contributed by atoms with Crippen LogP contribution in [0.15, 0.2) is 36.5 Å². The second-order valence-corrected chi connectivity index (χ2v) is 5.22. The first-order valence-electron chi connectivity index (χ1n) is 7.15. The quantitative estimate of drug-likeness (QED) is 0.750. The number of carbonyl (C=O) groups excluding carboxylic acids is 1. The zero-order valence-corrected chi connectivity index (χ0v) is 11.8. The minimum Gasteiger partial charge on any atom is -0.377 e. The van der Waals surface area contributed by atoms with Gasteiger partial charge in [0, 0.05) is 18.1 Å². The fourth-order valence-electron chi connectivity index (χ4n) is 2.82. The second kappa shape index (κ2) is 5.27. The minimum absolute atomic E-state index is 0.0969. The number of aromatic amines is 2. The monoisotopic (exact) mass is 297 g/mol. The largest absolute Gasteiger partial charge is 0.377 e. The highest BCUT2D eigenvalue weighted by Gasteiger charge is 2.32. The molecule has 4 rings (SSSR count). The maximum absolute atomic E-state index is 12.9. The molecular weight excluding hydrogens is 282 g/mol. The predicted octanol–water partition coefficient (Wildman–Crippen LogP) is 1.50. The van der Waals surface area contributed by atoms with Crippen LogP contribution in [-0.4, -0.2) is 51.0 Å². The third kappa shape index (κ3) is 2.06. The van der Waals surface area contributed by atoms with E-state index in [4.69, 9.17) is 4.74 Å². The summed E-state index contributed by atoms with van der Waals surface area (Å²) in [5.74, 6) is -0.0969. The zero-order chi connectivity index (χ0) is 14.9. The Morgan fingerprint density at radius 3 is 3.05 bits per heavy atom. The van der Waals surface area contributed by atoms with Crippen LogP contribution >= 0.6 is 0 Å². The number of hydrogen-bond donors (Lipinski definition) is 2. The summed E-state index contributed by atoms with van der Waals surface area (Å²) < 4.78 is 5.52. The Kier molecular flexibility index (Phi) is 3.12. The number of amides is 1. The molecule has 0 unspecified atom stereocenters. The Bertz CT molecular complexity index is 795. The molecule has 22 heavy (non-hydrogen) atoms. The van der Waals surface area contributed by atoms with Gasteiger partial charge in [-0.05, 0) is 12.1 Å². The number of fused-ring (bicyclic) bond motifs is 1. The summed E-state index contributed by atoms with van der Waals surface area (Å²) in [4.78, 5) is 14.7. The highest BCUT2D eigenvalue weighted by molar-refractivity contribution is 6.04. The Morgan fingerprint density at radius 1 is 1.27 bits per heavy atom. The third-order valence-electron chi connectivity index (χ3n) is 3.94. The molecule has 0 aliphatic carbocycles. The Morgan fingerprint density at radius 2 is 2.18 bits per heavy atom. The van der Waals surface area contributed by atoms with E-state index in [9.17, 15) is 4.79 Å². The molecule has 112 valence electrons. The van der Waals surface area contributed by atoms with Gasteiger partial charge in [0.1, 0.15) is 0 Å². The van der Waals surface area contributed by atoms with Crippen LogP contribution in [-0.2, 0) is 4.74 Å². The van der Waals surface area contributed by atoms with Crippen molar-refractivity contribution in [3.8, 4) is 0 Å². The van der Waals surface area contributed by atoms with Crippen LogP contribution in [0.5, 0.6) is 0 Å². The van der Waals surface area contributed by atoms with Gasteiger partial charge in [-0.15, -0.1) is 0 Å². The SMILES string of the molecule is O=C(c1n[nH]c2ccccc12)N1CCOC[C@H]1c1ccn[nH]1. The van der Waals surface area contributed by atoms with Crippen molar-refractivity contribution in [3.05, 3.63) is 47.9 Å². The lowest BCUT2D eigenvalue weighted by Crippen LogP contribution is -2.43. The van der Waals surface area contributed by atoms with E-state index in [0.717, 1.165) is 16.6 Å².